The molecular formula is C14H14Cl2N2S. The van der Waals surface area contributed by atoms with E-state index in [2.05, 4.69) is 9.97 Å². The van der Waals surface area contributed by atoms with Gasteiger partial charge < -0.3 is 4.98 Å². The molecule has 0 saturated carbocycles. The number of imidazole rings is 1. The maximum atomic E-state index is 6.14. The van der Waals surface area contributed by atoms with E-state index < -0.39 is 0 Å². The van der Waals surface area contributed by atoms with E-state index in [4.69, 9.17) is 35.4 Å². The SMILES string of the molecule is CC(=S)C(CCl)c1cnc(Cc2ccccc2Cl)[nH]1. The van der Waals surface area contributed by atoms with E-state index in [0.717, 1.165) is 27.0 Å². The van der Waals surface area contributed by atoms with Crippen molar-refractivity contribution >= 4 is 40.3 Å². The fourth-order valence-corrected chi connectivity index (χ4v) is 2.78. The number of nitrogens with one attached hydrogen (secondary N) is 1. The first kappa shape index (κ1) is 14.5. The number of thiocarbonyl (C=S) groups is 1. The highest BCUT2D eigenvalue weighted by Crippen LogP contribution is 2.21. The lowest BCUT2D eigenvalue weighted by atomic mass is 10.1. The van der Waals surface area contributed by atoms with Crippen LogP contribution in [-0.4, -0.2) is 20.7 Å². The van der Waals surface area contributed by atoms with Gasteiger partial charge in [0, 0.05) is 35.1 Å². The van der Waals surface area contributed by atoms with E-state index in [1.165, 1.54) is 0 Å². The van der Waals surface area contributed by atoms with Crippen LogP contribution in [0.2, 0.25) is 5.02 Å². The van der Waals surface area contributed by atoms with Crippen molar-refractivity contribution < 1.29 is 0 Å². The van der Waals surface area contributed by atoms with Crippen molar-refractivity contribution in [2.45, 2.75) is 19.3 Å². The third-order valence-electron chi connectivity index (χ3n) is 2.98. The molecule has 0 radical (unpaired) electrons. The van der Waals surface area contributed by atoms with Crippen molar-refractivity contribution in [3.63, 3.8) is 0 Å². The highest BCUT2D eigenvalue weighted by atomic mass is 35.5. The summed E-state index contributed by atoms with van der Waals surface area (Å²) in [5.74, 6) is 1.38. The van der Waals surface area contributed by atoms with Crippen molar-refractivity contribution in [2.24, 2.45) is 0 Å². The smallest absolute Gasteiger partial charge is 0.110 e. The minimum absolute atomic E-state index is 0.0455. The normalized spacial score (nSPS) is 12.4. The van der Waals surface area contributed by atoms with Gasteiger partial charge in [0.05, 0.1) is 0 Å². The monoisotopic (exact) mass is 312 g/mol. The van der Waals surface area contributed by atoms with Crippen LogP contribution in [0.5, 0.6) is 0 Å². The molecule has 1 unspecified atom stereocenters. The Bertz CT molecular complexity index is 580. The summed E-state index contributed by atoms with van der Waals surface area (Å²) in [6.07, 6.45) is 2.47. The molecule has 0 aliphatic carbocycles. The fraction of sp³-hybridized carbons (Fsp3) is 0.286. The Hall–Kier alpha value is -0.900. The molecule has 100 valence electrons. The number of alkyl halides is 1. The summed E-state index contributed by atoms with van der Waals surface area (Å²) in [5, 5.41) is 0.750. The van der Waals surface area contributed by atoms with Crippen LogP contribution in [0.1, 0.15) is 29.9 Å². The minimum Gasteiger partial charge on any atom is -0.345 e. The van der Waals surface area contributed by atoms with Crippen LogP contribution in [0.3, 0.4) is 0 Å². The molecular weight excluding hydrogens is 299 g/mol. The zero-order valence-electron chi connectivity index (χ0n) is 10.5. The van der Waals surface area contributed by atoms with Gasteiger partial charge in [0.15, 0.2) is 0 Å². The zero-order valence-corrected chi connectivity index (χ0v) is 12.8. The van der Waals surface area contributed by atoms with Crippen LogP contribution in [0, 0.1) is 0 Å². The number of benzene rings is 1. The first-order valence-electron chi connectivity index (χ1n) is 5.95. The van der Waals surface area contributed by atoms with Crippen LogP contribution >= 0.6 is 35.4 Å². The van der Waals surface area contributed by atoms with Gasteiger partial charge in [0.1, 0.15) is 5.82 Å². The van der Waals surface area contributed by atoms with Crippen molar-refractivity contribution in [1.29, 1.82) is 0 Å². The number of hydrogen-bond donors (Lipinski definition) is 1. The van der Waals surface area contributed by atoms with Crippen molar-refractivity contribution in [1.82, 2.24) is 9.97 Å². The lowest BCUT2D eigenvalue weighted by Crippen LogP contribution is -2.09. The van der Waals surface area contributed by atoms with Gasteiger partial charge in [0.25, 0.3) is 0 Å². The van der Waals surface area contributed by atoms with Gasteiger partial charge in [-0.3, -0.25) is 0 Å². The molecule has 2 rings (SSSR count). The molecule has 5 heteroatoms. The standard InChI is InChI=1S/C14H14Cl2N2S/c1-9(19)11(7-15)13-8-17-14(18-13)6-10-4-2-3-5-12(10)16/h2-5,8,11H,6-7H2,1H3,(H,17,18). The summed E-state index contributed by atoms with van der Waals surface area (Å²) in [6.45, 7) is 1.90. The van der Waals surface area contributed by atoms with Gasteiger partial charge in [0.2, 0.25) is 0 Å². The summed E-state index contributed by atoms with van der Waals surface area (Å²) < 4.78 is 0. The average Bonchev–Trinajstić information content (AvgIpc) is 2.81. The van der Waals surface area contributed by atoms with E-state index >= 15 is 0 Å². The van der Waals surface area contributed by atoms with E-state index in [1.54, 1.807) is 6.20 Å². The molecule has 0 spiro atoms. The number of aromatic amines is 1. The van der Waals surface area contributed by atoms with E-state index in [1.807, 2.05) is 31.2 Å². The molecule has 2 aromatic rings. The predicted octanol–water partition coefficient (Wildman–Crippen LogP) is 4.37. The topological polar surface area (TPSA) is 28.7 Å². The predicted molar refractivity (Wildman–Crippen MR) is 84.6 cm³/mol. The molecule has 1 atom stereocenters. The lowest BCUT2D eigenvalue weighted by molar-refractivity contribution is 0.952. The number of rotatable bonds is 5. The van der Waals surface area contributed by atoms with Gasteiger partial charge >= 0.3 is 0 Å². The first-order chi connectivity index (χ1) is 9.11. The number of nitrogens with zero attached hydrogens (tertiary/aromatic N) is 1. The van der Waals surface area contributed by atoms with Gasteiger partial charge in [-0.2, -0.15) is 0 Å². The molecule has 0 fully saturated rings. The molecule has 0 bridgehead atoms. The Morgan fingerprint density at radius 1 is 1.42 bits per heavy atom. The Labute approximate surface area is 128 Å². The molecule has 19 heavy (non-hydrogen) atoms. The van der Waals surface area contributed by atoms with Gasteiger partial charge in [-0.25, -0.2) is 4.98 Å². The second-order valence-electron chi connectivity index (χ2n) is 4.37. The Balaban J connectivity index is 2.18. The Kier molecular flexibility index (Phi) is 4.97. The van der Waals surface area contributed by atoms with Gasteiger partial charge in [-0.15, -0.1) is 11.6 Å². The number of hydrogen-bond acceptors (Lipinski definition) is 2. The number of H-pyrrole nitrogens is 1. The van der Waals surface area contributed by atoms with E-state index in [0.29, 0.717) is 12.3 Å². The Morgan fingerprint density at radius 2 is 2.16 bits per heavy atom. The molecule has 1 aromatic carbocycles. The largest absolute Gasteiger partial charge is 0.345 e. The molecule has 1 heterocycles. The van der Waals surface area contributed by atoms with Crippen LogP contribution in [0.25, 0.3) is 0 Å². The third-order valence-corrected chi connectivity index (χ3v) is 3.95. The summed E-state index contributed by atoms with van der Waals surface area (Å²) in [4.78, 5) is 8.51. The first-order valence-corrected chi connectivity index (χ1v) is 7.27. The summed E-state index contributed by atoms with van der Waals surface area (Å²) >= 11 is 17.3. The van der Waals surface area contributed by atoms with Crippen molar-refractivity contribution in [2.75, 3.05) is 5.88 Å². The molecule has 0 aliphatic heterocycles. The quantitative estimate of drug-likeness (QED) is 0.656. The molecule has 0 amide bonds. The highest BCUT2D eigenvalue weighted by molar-refractivity contribution is 7.80. The van der Waals surface area contributed by atoms with Crippen LogP contribution < -0.4 is 0 Å². The fourth-order valence-electron chi connectivity index (χ4n) is 1.88. The van der Waals surface area contributed by atoms with Crippen LogP contribution in [0.4, 0.5) is 0 Å². The van der Waals surface area contributed by atoms with E-state index in [9.17, 15) is 0 Å². The molecule has 1 N–H and O–H groups in total. The maximum Gasteiger partial charge on any atom is 0.110 e. The Morgan fingerprint density at radius 3 is 2.79 bits per heavy atom. The maximum absolute atomic E-state index is 6.14. The second kappa shape index (κ2) is 6.51. The van der Waals surface area contributed by atoms with Crippen molar-refractivity contribution in [3.8, 4) is 0 Å². The van der Waals surface area contributed by atoms with Crippen molar-refractivity contribution in [3.05, 3.63) is 52.6 Å². The second-order valence-corrected chi connectivity index (χ2v) is 5.73. The van der Waals surface area contributed by atoms with Gasteiger partial charge in [-0.05, 0) is 23.4 Å². The van der Waals surface area contributed by atoms with Crippen LogP contribution in [-0.2, 0) is 6.42 Å². The molecule has 1 aromatic heterocycles. The summed E-state index contributed by atoms with van der Waals surface area (Å²) in [7, 11) is 0. The summed E-state index contributed by atoms with van der Waals surface area (Å²) in [5.41, 5.74) is 2.01. The molecule has 0 saturated heterocycles. The van der Waals surface area contributed by atoms with Gasteiger partial charge in [-0.1, -0.05) is 42.0 Å². The zero-order chi connectivity index (χ0) is 13.8. The third kappa shape index (κ3) is 3.56. The lowest BCUT2D eigenvalue weighted by Gasteiger charge is -2.09. The van der Waals surface area contributed by atoms with Crippen LogP contribution in [0.15, 0.2) is 30.5 Å². The van der Waals surface area contributed by atoms with E-state index in [-0.39, 0.29) is 5.92 Å². The number of halogens is 2. The summed E-state index contributed by atoms with van der Waals surface area (Å²) in [6, 6.07) is 7.75. The average molecular weight is 313 g/mol. The molecule has 0 aliphatic rings. The number of aromatic nitrogens is 2. The molecule has 2 nitrogen and oxygen atoms in total. The minimum atomic E-state index is 0.0455. The highest BCUT2D eigenvalue weighted by Gasteiger charge is 2.15.